The maximum Gasteiger partial charge on any atom is 0.166 e. The molecule has 0 spiro atoms. The Morgan fingerprint density at radius 1 is 0.929 bits per heavy atom. The van der Waals surface area contributed by atoms with Crippen LogP contribution in [-0.2, 0) is 13.2 Å². The van der Waals surface area contributed by atoms with Crippen LogP contribution in [0.4, 0.5) is 0 Å². The van der Waals surface area contributed by atoms with Crippen LogP contribution in [0.25, 0.3) is 0 Å². The van der Waals surface area contributed by atoms with E-state index in [0.717, 1.165) is 16.7 Å². The summed E-state index contributed by atoms with van der Waals surface area (Å²) in [4.78, 5) is 0. The fourth-order valence-electron chi connectivity index (χ4n) is 2.93. The lowest BCUT2D eigenvalue weighted by molar-refractivity contribution is 0.174. The fraction of sp³-hybridized carbons (Fsp3) is 0.217. The van der Waals surface area contributed by atoms with Crippen molar-refractivity contribution in [2.75, 3.05) is 13.7 Å². The van der Waals surface area contributed by atoms with Crippen LogP contribution in [0.15, 0.2) is 72.8 Å². The zero-order valence-electron chi connectivity index (χ0n) is 15.8. The first-order valence-corrected chi connectivity index (χ1v) is 9.52. The van der Waals surface area contributed by atoms with Gasteiger partial charge in [-0.2, -0.15) is 0 Å². The average Bonchev–Trinajstić information content (AvgIpc) is 2.74. The van der Waals surface area contributed by atoms with Crippen molar-refractivity contribution in [2.45, 2.75) is 19.3 Å². The van der Waals surface area contributed by atoms with Gasteiger partial charge in [0.2, 0.25) is 0 Å². The molecule has 0 unspecified atom stereocenters. The molecule has 3 aromatic carbocycles. The third-order valence-corrected chi connectivity index (χ3v) is 4.82. The van der Waals surface area contributed by atoms with Gasteiger partial charge in [0.1, 0.15) is 6.61 Å². The van der Waals surface area contributed by atoms with Gasteiger partial charge in [0.15, 0.2) is 11.5 Å². The average molecular weight is 398 g/mol. The van der Waals surface area contributed by atoms with Crippen LogP contribution < -0.4 is 14.8 Å². The molecular formula is C23H24ClNO3. The van der Waals surface area contributed by atoms with E-state index < -0.39 is 6.10 Å². The molecule has 4 nitrogen and oxygen atoms in total. The predicted molar refractivity (Wildman–Crippen MR) is 112 cm³/mol. The van der Waals surface area contributed by atoms with Crippen LogP contribution in [-0.4, -0.2) is 18.8 Å². The number of aliphatic hydroxyl groups excluding tert-OH is 1. The quantitative estimate of drug-likeness (QED) is 0.547. The predicted octanol–water partition coefficient (Wildman–Crippen LogP) is 4.75. The zero-order valence-corrected chi connectivity index (χ0v) is 16.5. The highest BCUT2D eigenvalue weighted by Gasteiger charge is 2.13. The Labute approximate surface area is 170 Å². The molecule has 0 saturated carbocycles. The molecule has 0 aliphatic rings. The molecule has 1 atom stereocenters. The van der Waals surface area contributed by atoms with Gasteiger partial charge in [0.25, 0.3) is 0 Å². The van der Waals surface area contributed by atoms with Crippen molar-refractivity contribution in [1.29, 1.82) is 0 Å². The first-order chi connectivity index (χ1) is 13.7. The Hall–Kier alpha value is -2.53. The second-order valence-electron chi connectivity index (χ2n) is 6.39. The highest BCUT2D eigenvalue weighted by Crippen LogP contribution is 2.32. The van der Waals surface area contributed by atoms with Gasteiger partial charge in [-0.1, -0.05) is 72.3 Å². The van der Waals surface area contributed by atoms with Crippen molar-refractivity contribution in [3.8, 4) is 11.5 Å². The number of nitrogens with one attached hydrogen (secondary N) is 1. The minimum Gasteiger partial charge on any atom is -0.493 e. The maximum atomic E-state index is 10.3. The summed E-state index contributed by atoms with van der Waals surface area (Å²) in [5.74, 6) is 1.33. The van der Waals surface area contributed by atoms with Gasteiger partial charge in [0.05, 0.1) is 13.2 Å². The van der Waals surface area contributed by atoms with E-state index in [9.17, 15) is 5.11 Å². The molecule has 0 fully saturated rings. The Kier molecular flexibility index (Phi) is 7.31. The van der Waals surface area contributed by atoms with Gasteiger partial charge in [-0.05, 0) is 17.7 Å². The summed E-state index contributed by atoms with van der Waals surface area (Å²) < 4.78 is 11.5. The first-order valence-electron chi connectivity index (χ1n) is 9.15. The molecular weight excluding hydrogens is 374 g/mol. The van der Waals surface area contributed by atoms with E-state index in [1.165, 1.54) is 0 Å². The van der Waals surface area contributed by atoms with Crippen LogP contribution in [0.3, 0.4) is 0 Å². The van der Waals surface area contributed by atoms with Crippen molar-refractivity contribution in [3.63, 3.8) is 0 Å². The molecule has 0 bridgehead atoms. The summed E-state index contributed by atoms with van der Waals surface area (Å²) in [6.45, 7) is 1.32. The third kappa shape index (κ3) is 5.26. The molecule has 3 aromatic rings. The summed E-state index contributed by atoms with van der Waals surface area (Å²) in [5.41, 5.74) is 2.75. The molecule has 0 amide bonds. The lowest BCUT2D eigenvalue weighted by atomic mass is 10.1. The molecule has 0 aliphatic carbocycles. The van der Waals surface area contributed by atoms with Crippen molar-refractivity contribution < 1.29 is 14.6 Å². The van der Waals surface area contributed by atoms with E-state index in [4.69, 9.17) is 21.1 Å². The number of benzene rings is 3. The smallest absolute Gasteiger partial charge is 0.166 e. The highest BCUT2D eigenvalue weighted by molar-refractivity contribution is 6.31. The summed E-state index contributed by atoms with van der Waals surface area (Å²) >= 11 is 6.23. The number of hydrogen-bond acceptors (Lipinski definition) is 4. The minimum atomic E-state index is -0.570. The van der Waals surface area contributed by atoms with Gasteiger partial charge in [-0.3, -0.25) is 0 Å². The number of methoxy groups -OCH3 is 1. The van der Waals surface area contributed by atoms with Crippen LogP contribution >= 0.6 is 11.6 Å². The number of aliphatic hydroxyl groups is 1. The van der Waals surface area contributed by atoms with E-state index >= 15 is 0 Å². The largest absolute Gasteiger partial charge is 0.493 e. The van der Waals surface area contributed by atoms with Gasteiger partial charge >= 0.3 is 0 Å². The molecule has 0 saturated heterocycles. The van der Waals surface area contributed by atoms with Gasteiger partial charge < -0.3 is 19.9 Å². The topological polar surface area (TPSA) is 50.7 Å². The van der Waals surface area contributed by atoms with Gasteiger partial charge in [-0.15, -0.1) is 0 Å². The zero-order chi connectivity index (χ0) is 19.8. The van der Waals surface area contributed by atoms with E-state index in [0.29, 0.717) is 36.2 Å². The van der Waals surface area contributed by atoms with E-state index in [2.05, 4.69) is 5.32 Å². The highest BCUT2D eigenvalue weighted by atomic mass is 35.5. The third-order valence-electron chi connectivity index (χ3n) is 4.45. The number of halogens is 1. The summed E-state index contributed by atoms with van der Waals surface area (Å²) in [7, 11) is 1.62. The lowest BCUT2D eigenvalue weighted by Gasteiger charge is -2.17. The molecule has 2 N–H and O–H groups in total. The monoisotopic (exact) mass is 397 g/mol. The van der Waals surface area contributed by atoms with Crippen molar-refractivity contribution in [2.24, 2.45) is 0 Å². The van der Waals surface area contributed by atoms with Crippen molar-refractivity contribution in [3.05, 3.63) is 94.5 Å². The van der Waals surface area contributed by atoms with E-state index in [1.807, 2.05) is 72.8 Å². The summed E-state index contributed by atoms with van der Waals surface area (Å²) in [6.07, 6.45) is -0.570. The molecule has 0 aromatic heterocycles. The first kappa shape index (κ1) is 20.2. The number of ether oxygens (including phenoxy) is 2. The normalized spacial score (nSPS) is 11.8. The molecule has 0 heterocycles. The number of rotatable bonds is 9. The Morgan fingerprint density at radius 2 is 1.64 bits per heavy atom. The SMILES string of the molecule is COc1cccc(CNC[C@@H](O)c2ccccc2)c1OCc1ccccc1Cl. The fourth-order valence-corrected chi connectivity index (χ4v) is 3.12. The Bertz CT molecular complexity index is 886. The van der Waals surface area contributed by atoms with Gasteiger partial charge in [-0.25, -0.2) is 0 Å². The molecule has 3 rings (SSSR count). The maximum absolute atomic E-state index is 10.3. The lowest BCUT2D eigenvalue weighted by Crippen LogP contribution is -2.21. The molecule has 0 aliphatic heterocycles. The van der Waals surface area contributed by atoms with Crippen LogP contribution in [0, 0.1) is 0 Å². The van der Waals surface area contributed by atoms with Gasteiger partial charge in [0, 0.05) is 29.2 Å². The Morgan fingerprint density at radius 3 is 2.39 bits per heavy atom. The summed E-state index contributed by atoms with van der Waals surface area (Å²) in [6, 6.07) is 23.0. The second-order valence-corrected chi connectivity index (χ2v) is 6.79. The number of hydrogen-bond donors (Lipinski definition) is 2. The van der Waals surface area contributed by atoms with E-state index in [-0.39, 0.29) is 0 Å². The Balaban J connectivity index is 1.66. The summed E-state index contributed by atoms with van der Waals surface area (Å²) in [5, 5.41) is 14.3. The minimum absolute atomic E-state index is 0.347. The standard InChI is InChI=1S/C23H24ClNO3/c1-27-22-13-7-11-18(14-25-15-21(26)17-8-3-2-4-9-17)23(22)28-16-19-10-5-6-12-20(19)24/h2-13,21,25-26H,14-16H2,1H3/t21-/m1/s1. The number of para-hydroxylation sites is 1. The molecule has 5 heteroatoms. The van der Waals surface area contributed by atoms with Crippen molar-refractivity contribution in [1.82, 2.24) is 5.32 Å². The molecule has 0 radical (unpaired) electrons. The van der Waals surface area contributed by atoms with Crippen LogP contribution in [0.1, 0.15) is 22.8 Å². The second kappa shape index (κ2) is 10.1. The van der Waals surface area contributed by atoms with E-state index in [1.54, 1.807) is 7.11 Å². The van der Waals surface area contributed by atoms with Crippen LogP contribution in [0.5, 0.6) is 11.5 Å². The molecule has 146 valence electrons. The van der Waals surface area contributed by atoms with Crippen molar-refractivity contribution >= 4 is 11.6 Å². The van der Waals surface area contributed by atoms with Crippen LogP contribution in [0.2, 0.25) is 5.02 Å². The molecule has 28 heavy (non-hydrogen) atoms.